The van der Waals surface area contributed by atoms with E-state index < -0.39 is 132 Å². The average Bonchev–Trinajstić information content (AvgIpc) is 4.13. The zero-order valence-electron chi connectivity index (χ0n) is 44.9. The minimum absolute atomic E-state index is 0.0511. The van der Waals surface area contributed by atoms with Crippen LogP contribution in [-0.2, 0) is 60.8 Å². The smallest absolute Gasteiger partial charge is 0.326 e. The summed E-state index contributed by atoms with van der Waals surface area (Å²) < 4.78 is 0. The molecule has 428 valence electrons. The van der Waals surface area contributed by atoms with E-state index in [2.05, 4.69) is 36.9 Å². The van der Waals surface area contributed by atoms with Crippen molar-refractivity contribution in [2.24, 2.45) is 39.8 Å². The molecule has 25 heteroatoms. The average molecular weight is 1090 g/mol. The number of aliphatic carboxylic acids is 1. The molecule has 25 nitrogen and oxygen atoms in total. The summed E-state index contributed by atoms with van der Waals surface area (Å²) in [7, 11) is 0. The first kappa shape index (κ1) is 62.9. The van der Waals surface area contributed by atoms with Crippen LogP contribution in [0.25, 0.3) is 0 Å². The largest absolute Gasteiger partial charge is 0.480 e. The van der Waals surface area contributed by atoms with Crippen LogP contribution >= 0.6 is 0 Å². The SMILES string of the molecule is CC[C@H](C)[C@H](NC(=O)[C@H](CC(N)=O)NC(=O)[C@@H]1CCCN1C(=O)[C@@H]1CCCN1C(=O)[C@H](CC(C)C)NC(=O)[C@@H](N)CO)C(=O)N[C@@H](Cc1ccccc1)C(=O)N[C@@H](CCCN=C(N)N)C(=O)N[C@@H](Cc1ccccc1)C(=O)O. The van der Waals surface area contributed by atoms with E-state index in [-0.39, 0.29) is 76.5 Å². The summed E-state index contributed by atoms with van der Waals surface area (Å²) in [5.74, 6) is -9.21. The number of carboxylic acids is 1. The Kier molecular flexibility index (Phi) is 24.9. The van der Waals surface area contributed by atoms with Gasteiger partial charge < -0.3 is 74.8 Å². The summed E-state index contributed by atoms with van der Waals surface area (Å²) in [6.45, 7) is 6.87. The first-order chi connectivity index (χ1) is 37.0. The number of primary amides is 1. The van der Waals surface area contributed by atoms with E-state index in [1.54, 1.807) is 74.5 Å². The third kappa shape index (κ3) is 19.1. The second-order valence-electron chi connectivity index (χ2n) is 20.3. The molecule has 0 spiro atoms. The van der Waals surface area contributed by atoms with Crippen LogP contribution in [0, 0.1) is 11.8 Å². The van der Waals surface area contributed by atoms with Gasteiger partial charge in [0.05, 0.1) is 13.0 Å². The minimum Gasteiger partial charge on any atom is -0.480 e. The van der Waals surface area contributed by atoms with Crippen LogP contribution in [-0.4, -0.2) is 166 Å². The molecule has 0 saturated carbocycles. The van der Waals surface area contributed by atoms with Crippen molar-refractivity contribution < 1.29 is 58.2 Å². The molecule has 2 aromatic carbocycles. The fraction of sp³-hybridized carbons (Fsp3) is 0.566. The standard InChI is InChI=1S/C53H79N13O12/c1-5-31(4)43(49(74)61-36(26-32-15-8-6-9-16-32)46(71)59-35(19-12-22-58-53(56)57)45(70)63-39(52(77)78)27-33-17-10-7-11-18-33)64-47(72)37(28-42(55)68)60-48(73)40-20-13-23-65(40)51(76)41-21-14-24-66(41)50(75)38(25-30(2)3)62-44(69)34(54)29-67/h6-11,15-18,30-31,34-41,43,67H,5,12-14,19-29,54H2,1-4H3,(H2,55,68)(H,59,71)(H,60,73)(H,61,74)(H,62,69)(H,63,70)(H,64,72)(H,77,78)(H4,56,57,58)/t31-,34-,35-,36-,37-,38-,39-,40-,41-,43-/m0/s1. The maximum absolute atomic E-state index is 14.5. The van der Waals surface area contributed by atoms with Crippen LogP contribution in [0.1, 0.15) is 96.6 Å². The Labute approximate surface area is 454 Å². The van der Waals surface area contributed by atoms with Gasteiger partial charge in [-0.25, -0.2) is 4.79 Å². The zero-order valence-corrected chi connectivity index (χ0v) is 44.9. The van der Waals surface area contributed by atoms with Crippen LogP contribution in [0.15, 0.2) is 65.7 Å². The van der Waals surface area contributed by atoms with Crippen LogP contribution in [0.3, 0.4) is 0 Å². The summed E-state index contributed by atoms with van der Waals surface area (Å²) in [4.78, 5) is 144. The quantitative estimate of drug-likeness (QED) is 0.0224. The highest BCUT2D eigenvalue weighted by molar-refractivity contribution is 5.99. The molecule has 0 aromatic heterocycles. The number of nitrogens with zero attached hydrogens (tertiary/aromatic N) is 3. The molecule has 2 aliphatic heterocycles. The van der Waals surface area contributed by atoms with E-state index in [0.29, 0.717) is 30.4 Å². The van der Waals surface area contributed by atoms with Gasteiger partial charge in [0.2, 0.25) is 53.2 Å². The summed E-state index contributed by atoms with van der Waals surface area (Å²) >= 11 is 0. The summed E-state index contributed by atoms with van der Waals surface area (Å²) in [6.07, 6.45) is 1.06. The van der Waals surface area contributed by atoms with E-state index in [1.807, 2.05) is 13.8 Å². The Balaban J connectivity index is 1.55. The Morgan fingerprint density at radius 3 is 1.73 bits per heavy atom. The molecule has 2 aromatic rings. The zero-order chi connectivity index (χ0) is 57.6. The number of guanidine groups is 1. The van der Waals surface area contributed by atoms with Crippen LogP contribution < -0.4 is 54.8 Å². The Morgan fingerprint density at radius 1 is 0.654 bits per heavy atom. The number of hydrogen-bond donors (Lipinski definition) is 12. The lowest BCUT2D eigenvalue weighted by Crippen LogP contribution is -2.61. The van der Waals surface area contributed by atoms with E-state index in [1.165, 1.54) is 9.80 Å². The van der Waals surface area contributed by atoms with Crippen molar-refractivity contribution in [3.63, 3.8) is 0 Å². The molecule has 2 fully saturated rings. The molecule has 9 amide bonds. The number of aliphatic imine (C=N–C) groups is 1. The Morgan fingerprint density at radius 2 is 1.18 bits per heavy atom. The number of aliphatic hydroxyl groups is 1. The van der Waals surface area contributed by atoms with E-state index in [9.17, 15) is 58.2 Å². The lowest BCUT2D eigenvalue weighted by atomic mass is 9.96. The first-order valence-electron chi connectivity index (χ1n) is 26.5. The van der Waals surface area contributed by atoms with E-state index in [0.717, 1.165) is 0 Å². The van der Waals surface area contributed by atoms with Gasteiger partial charge in [-0.05, 0) is 67.9 Å². The topological polar surface area (TPSA) is 406 Å². The third-order valence-electron chi connectivity index (χ3n) is 13.7. The molecular weight excluding hydrogens is 1010 g/mol. The predicted octanol–water partition coefficient (Wildman–Crippen LogP) is -2.21. The molecule has 2 aliphatic rings. The molecule has 2 heterocycles. The molecule has 0 radical (unpaired) electrons. The van der Waals surface area contributed by atoms with E-state index >= 15 is 0 Å². The minimum atomic E-state index is -1.64. The van der Waals surface area contributed by atoms with Crippen LogP contribution in [0.2, 0.25) is 0 Å². The number of amides is 9. The van der Waals surface area contributed by atoms with Crippen molar-refractivity contribution in [1.82, 2.24) is 41.7 Å². The second kappa shape index (κ2) is 30.9. The highest BCUT2D eigenvalue weighted by Crippen LogP contribution is 2.27. The number of benzene rings is 2. The molecule has 10 atom stereocenters. The van der Waals surface area contributed by atoms with Crippen molar-refractivity contribution >= 4 is 65.1 Å². The highest BCUT2D eigenvalue weighted by Gasteiger charge is 2.45. The normalized spacial score (nSPS) is 18.1. The number of nitrogens with two attached hydrogens (primary N) is 4. The number of nitrogens with one attached hydrogen (secondary N) is 6. The fourth-order valence-corrected chi connectivity index (χ4v) is 9.36. The number of hydrogen-bond acceptors (Lipinski definition) is 13. The number of aliphatic hydroxyl groups excluding tert-OH is 1. The highest BCUT2D eigenvalue weighted by atomic mass is 16.4. The van der Waals surface area contributed by atoms with Gasteiger partial charge in [0.25, 0.3) is 0 Å². The van der Waals surface area contributed by atoms with Gasteiger partial charge in [0.1, 0.15) is 54.4 Å². The van der Waals surface area contributed by atoms with Gasteiger partial charge in [-0.1, -0.05) is 94.8 Å². The van der Waals surface area contributed by atoms with Gasteiger partial charge in [-0.2, -0.15) is 0 Å². The van der Waals surface area contributed by atoms with Gasteiger partial charge in [-0.15, -0.1) is 0 Å². The van der Waals surface area contributed by atoms with Crippen molar-refractivity contribution in [2.45, 2.75) is 153 Å². The van der Waals surface area contributed by atoms with Crippen molar-refractivity contribution in [3.05, 3.63) is 71.8 Å². The summed E-state index contributed by atoms with van der Waals surface area (Å²) in [5.41, 5.74) is 23.5. The molecule has 2 saturated heterocycles. The molecule has 78 heavy (non-hydrogen) atoms. The monoisotopic (exact) mass is 1090 g/mol. The van der Waals surface area contributed by atoms with Crippen molar-refractivity contribution in [2.75, 3.05) is 26.2 Å². The third-order valence-corrected chi connectivity index (χ3v) is 13.7. The maximum atomic E-state index is 14.5. The van der Waals surface area contributed by atoms with Gasteiger partial charge >= 0.3 is 5.97 Å². The lowest BCUT2D eigenvalue weighted by Gasteiger charge is -2.34. The van der Waals surface area contributed by atoms with Crippen molar-refractivity contribution in [3.8, 4) is 0 Å². The Hall–Kier alpha value is -7.67. The van der Waals surface area contributed by atoms with Gasteiger partial charge in [0.15, 0.2) is 5.96 Å². The Bertz CT molecular complexity index is 2430. The molecule has 0 aliphatic carbocycles. The predicted molar refractivity (Wildman–Crippen MR) is 287 cm³/mol. The number of carbonyl (C=O) groups is 10. The van der Waals surface area contributed by atoms with Crippen LogP contribution in [0.4, 0.5) is 0 Å². The second-order valence-corrected chi connectivity index (χ2v) is 20.3. The molecule has 16 N–H and O–H groups in total. The molecule has 0 bridgehead atoms. The molecule has 4 rings (SSSR count). The molecule has 0 unspecified atom stereocenters. The molecular formula is C53H79N13O12. The van der Waals surface area contributed by atoms with Gasteiger partial charge in [-0.3, -0.25) is 48.1 Å². The number of carboxylic acid groups (broad SMARTS) is 1. The number of carbonyl (C=O) groups excluding carboxylic acids is 9. The maximum Gasteiger partial charge on any atom is 0.326 e. The van der Waals surface area contributed by atoms with Crippen LogP contribution in [0.5, 0.6) is 0 Å². The van der Waals surface area contributed by atoms with E-state index in [4.69, 9.17) is 22.9 Å². The fourth-order valence-electron chi connectivity index (χ4n) is 9.36. The summed E-state index contributed by atoms with van der Waals surface area (Å²) in [6, 6.07) is 5.68. The first-order valence-corrected chi connectivity index (χ1v) is 26.5. The lowest BCUT2D eigenvalue weighted by molar-refractivity contribution is -0.148. The van der Waals surface area contributed by atoms with Gasteiger partial charge in [0, 0.05) is 32.5 Å². The summed E-state index contributed by atoms with van der Waals surface area (Å²) in [5, 5.41) is 35.2. The van der Waals surface area contributed by atoms with Crippen molar-refractivity contribution in [1.29, 1.82) is 0 Å². The number of rotatable bonds is 30. The number of likely N-dealkylation sites (tertiary alicyclic amines) is 2.